The zero-order chi connectivity index (χ0) is 41.2. The van der Waals surface area contributed by atoms with Gasteiger partial charge in [0.1, 0.15) is 29.6 Å². The summed E-state index contributed by atoms with van der Waals surface area (Å²) < 4.78 is 131. The van der Waals surface area contributed by atoms with E-state index in [0.717, 1.165) is 18.4 Å². The third kappa shape index (κ3) is 7.80. The molecule has 3 heterocycles. The number of nitrogens with zero attached hydrogens (tertiary/aromatic N) is 6. The van der Waals surface area contributed by atoms with Crippen LogP contribution in [0.25, 0.3) is 22.0 Å². The third-order valence-corrected chi connectivity index (χ3v) is 10.5. The van der Waals surface area contributed by atoms with Gasteiger partial charge in [-0.15, -0.1) is 0 Å². The molecule has 1 saturated carbocycles. The minimum atomic E-state index is -5.06. The van der Waals surface area contributed by atoms with Crippen molar-refractivity contribution in [1.82, 2.24) is 34.8 Å². The molecule has 0 unspecified atom stereocenters. The van der Waals surface area contributed by atoms with Crippen molar-refractivity contribution in [1.29, 1.82) is 0 Å². The quantitative estimate of drug-likeness (QED) is 0.129. The minimum absolute atomic E-state index is 0.0135. The smallest absolute Gasteiger partial charge is 0.346 e. The van der Waals surface area contributed by atoms with Gasteiger partial charge in [-0.05, 0) is 81.1 Å². The Labute approximate surface area is 322 Å². The highest BCUT2D eigenvalue weighted by Crippen LogP contribution is 2.64. The maximum absolute atomic E-state index is 15.6. The van der Waals surface area contributed by atoms with E-state index in [1.165, 1.54) is 4.68 Å². The zero-order valence-corrected chi connectivity index (χ0v) is 31.7. The van der Waals surface area contributed by atoms with E-state index in [1.807, 2.05) is 0 Å². The zero-order valence-electron chi connectivity index (χ0n) is 30.8. The number of sulfonamides is 1. The molecule has 0 radical (unpaired) electrons. The molecule has 2 aromatic carbocycles. The number of alkyl halides is 5. The Kier molecular flexibility index (Phi) is 10.1. The lowest BCUT2D eigenvalue weighted by Crippen LogP contribution is -2.36. The first-order chi connectivity index (χ1) is 26.7. The molecule has 57 heavy (non-hydrogen) atoms. The first-order valence-electron chi connectivity index (χ1n) is 17.6. The Morgan fingerprint density at radius 2 is 1.77 bits per heavy atom. The summed E-state index contributed by atoms with van der Waals surface area (Å²) in [6, 6.07) is 9.55. The molecule has 0 spiro atoms. The van der Waals surface area contributed by atoms with Crippen molar-refractivity contribution < 1.29 is 43.9 Å². The van der Waals surface area contributed by atoms with Crippen molar-refractivity contribution in [2.24, 2.45) is 13.0 Å². The number of rotatable bonds is 10. The van der Waals surface area contributed by atoms with E-state index < -0.39 is 81.0 Å². The molecule has 3 aromatic heterocycles. The van der Waals surface area contributed by atoms with Gasteiger partial charge in [-0.25, -0.2) is 22.2 Å². The second-order valence-corrected chi connectivity index (χ2v) is 16.2. The number of hydrogen-bond donors (Lipinski definition) is 2. The van der Waals surface area contributed by atoms with Gasteiger partial charge >= 0.3 is 6.18 Å². The van der Waals surface area contributed by atoms with Crippen LogP contribution in [0.1, 0.15) is 58.7 Å². The number of nitrogens with one attached hydrogen (secondary N) is 2. The van der Waals surface area contributed by atoms with Gasteiger partial charge in [0, 0.05) is 41.1 Å². The molecule has 0 aliphatic heterocycles. The summed E-state index contributed by atoms with van der Waals surface area (Å²) in [6.45, 7) is -0.705. The fourth-order valence-corrected chi connectivity index (χ4v) is 8.15. The van der Waals surface area contributed by atoms with Gasteiger partial charge in [-0.2, -0.15) is 32.1 Å². The van der Waals surface area contributed by atoms with Gasteiger partial charge in [0.2, 0.25) is 15.9 Å². The number of pyridine rings is 1. The van der Waals surface area contributed by atoms with Crippen LogP contribution in [0.15, 0.2) is 48.5 Å². The minimum Gasteiger partial charge on any atom is -0.346 e. The Morgan fingerprint density at radius 1 is 1.05 bits per heavy atom. The van der Waals surface area contributed by atoms with Gasteiger partial charge in [0.15, 0.2) is 11.5 Å². The SMILES string of the molecule is CN(C)CC#Cc1ccc(-c2cccc3c(NS(C)(=O)=O)nn(C)c23)c([C@H](Cc2cc(F)cc(F)c2)NC(=O)Cn2nc(C(F)(F)F)c3c2C(F)(F)[C@@H]2CC[C@H]32)n1. The Bertz CT molecular complexity index is 2570. The van der Waals surface area contributed by atoms with E-state index in [4.69, 9.17) is 4.98 Å². The number of aromatic nitrogens is 5. The molecular weight excluding hydrogens is 782 g/mol. The lowest BCUT2D eigenvalue weighted by molar-refractivity contribution is -0.144. The van der Waals surface area contributed by atoms with Crippen molar-refractivity contribution in [3.05, 3.63) is 94.1 Å². The van der Waals surface area contributed by atoms with E-state index in [2.05, 4.69) is 32.1 Å². The van der Waals surface area contributed by atoms with Crippen LogP contribution in [-0.4, -0.2) is 70.7 Å². The summed E-state index contributed by atoms with van der Waals surface area (Å²) in [5.74, 6) is -3.05. The average Bonchev–Trinajstić information content (AvgIpc) is 3.64. The molecule has 19 heteroatoms. The molecule has 2 aliphatic rings. The van der Waals surface area contributed by atoms with Gasteiger partial charge in [0.25, 0.3) is 5.92 Å². The first kappa shape index (κ1) is 39.7. The first-order valence-corrected chi connectivity index (χ1v) is 19.5. The lowest BCUT2D eigenvalue weighted by atomic mass is 9.73. The molecule has 0 bridgehead atoms. The maximum atomic E-state index is 15.6. The second kappa shape index (κ2) is 14.5. The molecule has 2 aliphatic carbocycles. The van der Waals surface area contributed by atoms with Crippen LogP contribution in [-0.2, 0) is 46.9 Å². The number of benzene rings is 2. The number of halogens is 7. The van der Waals surface area contributed by atoms with E-state index in [9.17, 15) is 35.2 Å². The number of carbonyl (C=O) groups is 1. The summed E-state index contributed by atoms with van der Waals surface area (Å²) in [5, 5.41) is 10.9. The average molecular weight is 817 g/mol. The number of hydrogen-bond acceptors (Lipinski definition) is 7. The summed E-state index contributed by atoms with van der Waals surface area (Å²) in [4.78, 5) is 20.5. The Morgan fingerprint density at radius 3 is 2.40 bits per heavy atom. The van der Waals surface area contributed by atoms with Crippen molar-refractivity contribution in [2.45, 2.75) is 49.9 Å². The molecule has 300 valence electrons. The molecule has 2 N–H and O–H groups in total. The highest BCUT2D eigenvalue weighted by molar-refractivity contribution is 7.92. The third-order valence-electron chi connectivity index (χ3n) is 9.98. The van der Waals surface area contributed by atoms with Crippen LogP contribution in [0.3, 0.4) is 0 Å². The van der Waals surface area contributed by atoms with E-state index in [1.54, 1.807) is 56.4 Å². The summed E-state index contributed by atoms with van der Waals surface area (Å²) in [5.41, 5.74) is -1.50. The van der Waals surface area contributed by atoms with E-state index in [-0.39, 0.29) is 42.0 Å². The number of amides is 1. The standard InChI is InChI=1S/C38H35F7N8O3S/c1-51(2)14-6-7-23-10-11-24(25-8-5-9-27-33(25)52(3)49-36(27)50-57(4,55)56)32(46-23)29(17-20-15-21(39)18-22(40)16-20)47-30(54)19-53-35-31(34(48-53)38(43,44)45)26-12-13-28(26)37(35,41)42/h5,8-11,15-16,18,26,28-29H,12-14,17,19H2,1-4H3,(H,47,54)(H,49,50)/t26-,28+,29-/m0/s1. The number of aryl methyl sites for hydroxylation is 1. The molecular formula is C38H35F7N8O3S. The second-order valence-electron chi connectivity index (χ2n) is 14.5. The van der Waals surface area contributed by atoms with Crippen molar-refractivity contribution in [3.63, 3.8) is 0 Å². The highest BCUT2D eigenvalue weighted by atomic mass is 32.2. The number of para-hydroxylation sites is 1. The van der Waals surface area contributed by atoms with Gasteiger partial charge in [-0.1, -0.05) is 18.1 Å². The fourth-order valence-electron chi connectivity index (χ4n) is 7.65. The van der Waals surface area contributed by atoms with Crippen LogP contribution in [0.5, 0.6) is 0 Å². The number of fused-ring (bicyclic) bond motifs is 4. The molecule has 1 fully saturated rings. The molecule has 3 atom stereocenters. The van der Waals surface area contributed by atoms with Crippen molar-refractivity contribution in [2.75, 3.05) is 31.6 Å². The predicted molar refractivity (Wildman–Crippen MR) is 195 cm³/mol. The Hall–Kier alpha value is -5.48. The molecule has 1 amide bonds. The van der Waals surface area contributed by atoms with Gasteiger partial charge in [0.05, 0.1) is 30.1 Å². The van der Waals surface area contributed by atoms with Crippen LogP contribution in [0.2, 0.25) is 0 Å². The van der Waals surface area contributed by atoms with Crippen LogP contribution >= 0.6 is 0 Å². The fraction of sp³-hybridized carbons (Fsp3) is 0.368. The maximum Gasteiger partial charge on any atom is 0.435 e. The van der Waals surface area contributed by atoms with Crippen molar-refractivity contribution in [3.8, 4) is 23.0 Å². The van der Waals surface area contributed by atoms with Gasteiger partial charge < -0.3 is 5.32 Å². The lowest BCUT2D eigenvalue weighted by Gasteiger charge is -2.34. The highest BCUT2D eigenvalue weighted by Gasteiger charge is 2.63. The Balaban J connectivity index is 1.37. The summed E-state index contributed by atoms with van der Waals surface area (Å²) >= 11 is 0. The van der Waals surface area contributed by atoms with Crippen LogP contribution < -0.4 is 10.0 Å². The normalized spacial score (nSPS) is 17.8. The molecule has 7 rings (SSSR count). The molecule has 11 nitrogen and oxygen atoms in total. The summed E-state index contributed by atoms with van der Waals surface area (Å²) in [7, 11) is 1.41. The van der Waals surface area contributed by atoms with E-state index >= 15 is 8.78 Å². The molecule has 0 saturated heterocycles. The van der Waals surface area contributed by atoms with Crippen molar-refractivity contribution >= 4 is 32.7 Å². The van der Waals surface area contributed by atoms with E-state index in [0.29, 0.717) is 39.3 Å². The summed E-state index contributed by atoms with van der Waals surface area (Å²) in [6.07, 6.45) is -4.29. The molecule has 5 aromatic rings. The van der Waals surface area contributed by atoms with Crippen LogP contribution in [0, 0.1) is 29.4 Å². The topological polar surface area (TPSA) is 127 Å². The predicted octanol–water partition coefficient (Wildman–Crippen LogP) is 6.11. The number of carbonyl (C=O) groups excluding carboxylic acids is 1. The monoisotopic (exact) mass is 816 g/mol. The van der Waals surface area contributed by atoms with Crippen LogP contribution in [0.4, 0.5) is 36.6 Å². The van der Waals surface area contributed by atoms with Gasteiger partial charge in [-0.3, -0.25) is 23.8 Å². The number of anilines is 1. The largest absolute Gasteiger partial charge is 0.435 e.